The molecule has 3 heterocycles. The monoisotopic (exact) mass is 399 g/mol. The molecule has 2 aromatic heterocycles. The molecule has 2 aromatic carbocycles. The first-order valence-electron chi connectivity index (χ1n) is 9.95. The Hall–Kier alpha value is -3.71. The summed E-state index contributed by atoms with van der Waals surface area (Å²) in [5.74, 6) is 1.76. The molecule has 1 atom stereocenters. The topological polar surface area (TPSA) is 91.9 Å². The summed E-state index contributed by atoms with van der Waals surface area (Å²) in [7, 11) is 0. The molecule has 1 amide bonds. The number of hydrogen-bond acceptors (Lipinski definition) is 5. The molecule has 0 aliphatic carbocycles. The van der Waals surface area contributed by atoms with E-state index in [0.29, 0.717) is 22.7 Å². The molecule has 150 valence electrons. The van der Waals surface area contributed by atoms with Gasteiger partial charge < -0.3 is 20.4 Å². The largest absolute Gasteiger partial charge is 0.489 e. The minimum absolute atomic E-state index is 0.192. The summed E-state index contributed by atoms with van der Waals surface area (Å²) in [5, 5.41) is 6.12. The van der Waals surface area contributed by atoms with Crippen molar-refractivity contribution in [3.63, 3.8) is 0 Å². The molecule has 1 fully saturated rings. The number of hydrogen-bond donors (Lipinski definition) is 3. The highest BCUT2D eigenvalue weighted by Crippen LogP contribution is 2.27. The molecule has 1 unspecified atom stereocenters. The Labute approximate surface area is 173 Å². The number of carbonyl (C=O) groups is 1. The zero-order valence-electron chi connectivity index (χ0n) is 16.3. The van der Waals surface area contributed by atoms with Crippen molar-refractivity contribution in [3.8, 4) is 17.1 Å². The van der Waals surface area contributed by atoms with E-state index < -0.39 is 0 Å². The van der Waals surface area contributed by atoms with Crippen LogP contribution in [-0.2, 0) is 0 Å². The van der Waals surface area contributed by atoms with Gasteiger partial charge in [0.15, 0.2) is 0 Å². The highest BCUT2D eigenvalue weighted by Gasteiger charge is 2.17. The maximum atomic E-state index is 12.8. The molecule has 1 aliphatic rings. The summed E-state index contributed by atoms with van der Waals surface area (Å²) in [5.41, 5.74) is 2.81. The lowest BCUT2D eigenvalue weighted by Gasteiger charge is -2.12. The molecule has 30 heavy (non-hydrogen) atoms. The smallest absolute Gasteiger partial charge is 0.259 e. The first kappa shape index (κ1) is 18.3. The van der Waals surface area contributed by atoms with Crippen molar-refractivity contribution in [2.24, 2.45) is 0 Å². The van der Waals surface area contributed by atoms with Gasteiger partial charge in [-0.2, -0.15) is 0 Å². The van der Waals surface area contributed by atoms with Gasteiger partial charge in [0.25, 0.3) is 5.91 Å². The van der Waals surface area contributed by atoms with E-state index in [0.717, 1.165) is 36.3 Å². The SMILES string of the molecule is O=C(Nc1ccccn1)c1cccc2[nH]c(-c3cccc(OC4CCNC4)c3)nc12. The van der Waals surface area contributed by atoms with Gasteiger partial charge in [0.1, 0.15) is 29.0 Å². The average molecular weight is 399 g/mol. The van der Waals surface area contributed by atoms with Crippen LogP contribution < -0.4 is 15.4 Å². The molecule has 0 spiro atoms. The molecule has 0 bridgehead atoms. The molecule has 1 saturated heterocycles. The Morgan fingerprint density at radius 3 is 2.87 bits per heavy atom. The Kier molecular flexibility index (Phi) is 4.86. The number of aromatic amines is 1. The minimum Gasteiger partial charge on any atom is -0.489 e. The van der Waals surface area contributed by atoms with Gasteiger partial charge in [0, 0.05) is 18.3 Å². The van der Waals surface area contributed by atoms with Crippen LogP contribution in [0.2, 0.25) is 0 Å². The molecular formula is C23H21N5O2. The lowest BCUT2D eigenvalue weighted by Crippen LogP contribution is -2.19. The number of ether oxygens (including phenoxy) is 1. The van der Waals surface area contributed by atoms with Crippen LogP contribution in [0.1, 0.15) is 16.8 Å². The number of amides is 1. The van der Waals surface area contributed by atoms with Crippen molar-refractivity contribution in [2.45, 2.75) is 12.5 Å². The van der Waals surface area contributed by atoms with E-state index in [1.54, 1.807) is 24.4 Å². The highest BCUT2D eigenvalue weighted by atomic mass is 16.5. The normalized spacial score (nSPS) is 15.9. The number of carbonyl (C=O) groups excluding carboxylic acids is 1. The number of aromatic nitrogens is 3. The van der Waals surface area contributed by atoms with Gasteiger partial charge >= 0.3 is 0 Å². The predicted molar refractivity (Wildman–Crippen MR) is 116 cm³/mol. The summed E-state index contributed by atoms with van der Waals surface area (Å²) in [6, 6.07) is 18.7. The van der Waals surface area contributed by atoms with Crippen LogP contribution >= 0.6 is 0 Å². The van der Waals surface area contributed by atoms with Gasteiger partial charge in [-0.05, 0) is 49.4 Å². The molecule has 0 radical (unpaired) electrons. The number of imidazole rings is 1. The number of fused-ring (bicyclic) bond motifs is 1. The third-order valence-electron chi connectivity index (χ3n) is 5.09. The van der Waals surface area contributed by atoms with Crippen molar-refractivity contribution >= 4 is 22.8 Å². The summed E-state index contributed by atoms with van der Waals surface area (Å²) in [6.45, 7) is 1.85. The number of nitrogens with one attached hydrogen (secondary N) is 3. The number of anilines is 1. The molecule has 7 heteroatoms. The van der Waals surface area contributed by atoms with E-state index >= 15 is 0 Å². The van der Waals surface area contributed by atoms with Crippen molar-refractivity contribution in [2.75, 3.05) is 18.4 Å². The molecule has 0 saturated carbocycles. The van der Waals surface area contributed by atoms with Gasteiger partial charge in [-0.3, -0.25) is 4.79 Å². The molecule has 5 rings (SSSR count). The maximum Gasteiger partial charge on any atom is 0.259 e. The fourth-order valence-electron chi connectivity index (χ4n) is 3.61. The van der Waals surface area contributed by atoms with E-state index in [4.69, 9.17) is 9.72 Å². The maximum absolute atomic E-state index is 12.8. The van der Waals surface area contributed by atoms with Crippen molar-refractivity contribution in [3.05, 3.63) is 72.4 Å². The van der Waals surface area contributed by atoms with E-state index in [1.807, 2.05) is 42.5 Å². The van der Waals surface area contributed by atoms with Crippen LogP contribution in [0.4, 0.5) is 5.82 Å². The third kappa shape index (κ3) is 3.75. The minimum atomic E-state index is -0.247. The van der Waals surface area contributed by atoms with Crippen LogP contribution in [0.3, 0.4) is 0 Å². The second-order valence-corrected chi connectivity index (χ2v) is 7.22. The molecule has 3 N–H and O–H groups in total. The van der Waals surface area contributed by atoms with Gasteiger partial charge in [-0.25, -0.2) is 9.97 Å². The van der Waals surface area contributed by atoms with Crippen LogP contribution in [0.5, 0.6) is 5.75 Å². The van der Waals surface area contributed by atoms with Crippen LogP contribution in [0, 0.1) is 0 Å². The first-order chi connectivity index (χ1) is 14.8. The Morgan fingerprint density at radius 2 is 2.03 bits per heavy atom. The number of para-hydroxylation sites is 1. The van der Waals surface area contributed by atoms with Crippen molar-refractivity contribution in [1.29, 1.82) is 0 Å². The standard InChI is InChI=1S/C23H21N5O2/c29-23(27-20-9-1-2-11-25-20)18-7-4-8-19-21(18)28-22(26-19)15-5-3-6-16(13-15)30-17-10-12-24-14-17/h1-9,11,13,17,24H,10,12,14H2,(H,26,28)(H,25,27,29). The Morgan fingerprint density at radius 1 is 1.10 bits per heavy atom. The van der Waals surface area contributed by atoms with Crippen molar-refractivity contribution < 1.29 is 9.53 Å². The number of rotatable bonds is 5. The quantitative estimate of drug-likeness (QED) is 0.477. The first-order valence-corrected chi connectivity index (χ1v) is 9.95. The number of pyridine rings is 1. The van der Waals surface area contributed by atoms with Crippen LogP contribution in [-0.4, -0.2) is 40.1 Å². The summed E-state index contributed by atoms with van der Waals surface area (Å²) >= 11 is 0. The highest BCUT2D eigenvalue weighted by molar-refractivity contribution is 6.11. The van der Waals surface area contributed by atoms with E-state index in [2.05, 4.69) is 20.6 Å². The lowest BCUT2D eigenvalue weighted by molar-refractivity contribution is 0.102. The van der Waals surface area contributed by atoms with Crippen LogP contribution in [0.25, 0.3) is 22.4 Å². The lowest BCUT2D eigenvalue weighted by atomic mass is 10.1. The zero-order valence-corrected chi connectivity index (χ0v) is 16.3. The molecule has 7 nitrogen and oxygen atoms in total. The second kappa shape index (κ2) is 7.96. The Bertz CT molecular complexity index is 1180. The second-order valence-electron chi connectivity index (χ2n) is 7.22. The molecular weight excluding hydrogens is 378 g/mol. The summed E-state index contributed by atoms with van der Waals surface area (Å²) in [6.07, 6.45) is 2.83. The van der Waals surface area contributed by atoms with E-state index in [-0.39, 0.29) is 12.0 Å². The number of nitrogens with zero attached hydrogens (tertiary/aromatic N) is 2. The van der Waals surface area contributed by atoms with Crippen LogP contribution in [0.15, 0.2) is 66.9 Å². The predicted octanol–water partition coefficient (Wildman–Crippen LogP) is 3.62. The van der Waals surface area contributed by atoms with Gasteiger partial charge in [-0.1, -0.05) is 24.3 Å². The molecule has 1 aliphatic heterocycles. The Balaban J connectivity index is 1.44. The van der Waals surface area contributed by atoms with Gasteiger partial charge in [0.05, 0.1) is 11.1 Å². The van der Waals surface area contributed by atoms with E-state index in [9.17, 15) is 4.79 Å². The molecule has 4 aromatic rings. The number of H-pyrrole nitrogens is 1. The average Bonchev–Trinajstić information content (AvgIpc) is 3.44. The number of benzene rings is 2. The van der Waals surface area contributed by atoms with Crippen molar-refractivity contribution in [1.82, 2.24) is 20.3 Å². The van der Waals surface area contributed by atoms with E-state index in [1.165, 1.54) is 0 Å². The summed E-state index contributed by atoms with van der Waals surface area (Å²) < 4.78 is 6.06. The van der Waals surface area contributed by atoms with Gasteiger partial charge in [0.2, 0.25) is 0 Å². The zero-order chi connectivity index (χ0) is 20.3. The fourth-order valence-corrected chi connectivity index (χ4v) is 3.61. The van der Waals surface area contributed by atoms with Gasteiger partial charge in [-0.15, -0.1) is 0 Å². The fraction of sp³-hybridized carbons (Fsp3) is 0.174. The third-order valence-corrected chi connectivity index (χ3v) is 5.09. The summed E-state index contributed by atoms with van der Waals surface area (Å²) in [4.78, 5) is 25.0.